The number of benzene rings is 2. The number of sulfone groups is 1. The van der Waals surface area contributed by atoms with E-state index < -0.39 is 9.84 Å². The van der Waals surface area contributed by atoms with Crippen LogP contribution in [0, 0.1) is 0 Å². The van der Waals surface area contributed by atoms with E-state index in [1.165, 1.54) is 6.26 Å². The molecule has 0 unspecified atom stereocenters. The van der Waals surface area contributed by atoms with Gasteiger partial charge in [0.05, 0.1) is 15.1 Å². The maximum absolute atomic E-state index is 12.5. The normalized spacial score (nSPS) is 11.8. The molecule has 0 radical (unpaired) electrons. The smallest absolute Gasteiger partial charge is 0.186 e. The van der Waals surface area contributed by atoms with E-state index in [1.807, 2.05) is 31.3 Å². The zero-order chi connectivity index (χ0) is 22.0. The average molecular weight is 458 g/mol. The Morgan fingerprint density at radius 2 is 1.90 bits per heavy atom. The number of para-hydroxylation sites is 1. The molecule has 2 aromatic heterocycles. The number of H-pyrrole nitrogens is 1. The van der Waals surface area contributed by atoms with Crippen LogP contribution in [0.15, 0.2) is 41.3 Å². The summed E-state index contributed by atoms with van der Waals surface area (Å²) in [4.78, 5) is 7.17. The van der Waals surface area contributed by atoms with E-state index in [4.69, 9.17) is 10.7 Å². The number of nitrogens with two attached hydrogens (primary N) is 1. The molecule has 0 aliphatic carbocycles. The highest BCUT2D eigenvalue weighted by atomic mass is 32.2. The molecule has 31 heavy (non-hydrogen) atoms. The first kappa shape index (κ1) is 21.3. The van der Waals surface area contributed by atoms with Crippen LogP contribution < -0.4 is 10.6 Å². The molecule has 0 aliphatic rings. The third-order valence-electron chi connectivity index (χ3n) is 4.98. The number of nitrogens with zero attached hydrogens (tertiary/aromatic N) is 5. The Kier molecular flexibility index (Phi) is 5.99. The van der Waals surface area contributed by atoms with Crippen LogP contribution in [-0.2, 0) is 9.84 Å². The number of rotatable bonds is 8. The molecule has 0 spiro atoms. The van der Waals surface area contributed by atoms with E-state index in [0.29, 0.717) is 23.5 Å². The van der Waals surface area contributed by atoms with Crippen LogP contribution in [0.25, 0.3) is 32.7 Å². The molecule has 0 aliphatic heterocycles. The predicted molar refractivity (Wildman–Crippen MR) is 123 cm³/mol. The molecule has 3 N–H and O–H groups in total. The Morgan fingerprint density at radius 3 is 2.61 bits per heavy atom. The monoisotopic (exact) mass is 457 g/mol. The number of hydrogen-bond donors (Lipinski definition) is 2. The lowest BCUT2D eigenvalue weighted by atomic mass is 9.98. The van der Waals surface area contributed by atoms with Crippen molar-refractivity contribution in [3.63, 3.8) is 0 Å². The number of aromatic amines is 1. The third kappa shape index (κ3) is 4.29. The molecule has 0 atom stereocenters. The number of anilines is 1. The Morgan fingerprint density at radius 1 is 1.13 bits per heavy atom. The summed E-state index contributed by atoms with van der Waals surface area (Å²) in [5, 5.41) is 14.9. The van der Waals surface area contributed by atoms with Crippen LogP contribution in [0.5, 0.6) is 0 Å². The van der Waals surface area contributed by atoms with Gasteiger partial charge in [0.1, 0.15) is 0 Å². The summed E-state index contributed by atoms with van der Waals surface area (Å²) in [5.41, 5.74) is 8.39. The molecule has 9 nitrogen and oxygen atoms in total. The van der Waals surface area contributed by atoms with Gasteiger partial charge in [-0.15, -0.1) is 5.10 Å². The standard InChI is InChI=1S/C20H23N7O2S2/c1-27(12-4-3-11-21)20-22-18-14(8-5-9-15(18)30-20)13-7-6-10-16(31(2,28)29)17(13)19-23-25-26-24-19/h5-10H,3-4,11-12,21H2,1-2H3,(H,23,24,25,26). The molecule has 0 bridgehead atoms. The van der Waals surface area contributed by atoms with Crippen LogP contribution in [0.1, 0.15) is 12.8 Å². The van der Waals surface area contributed by atoms with Crippen molar-refractivity contribution in [2.45, 2.75) is 17.7 Å². The average Bonchev–Trinajstić information content (AvgIpc) is 3.42. The first-order chi connectivity index (χ1) is 14.9. The van der Waals surface area contributed by atoms with Crippen molar-refractivity contribution in [1.29, 1.82) is 0 Å². The van der Waals surface area contributed by atoms with E-state index in [2.05, 4.69) is 25.5 Å². The minimum absolute atomic E-state index is 0.162. The molecule has 4 rings (SSSR count). The fourth-order valence-corrected chi connectivity index (χ4v) is 5.36. The lowest BCUT2D eigenvalue weighted by molar-refractivity contribution is 0.602. The minimum atomic E-state index is -3.52. The van der Waals surface area contributed by atoms with Gasteiger partial charge < -0.3 is 10.6 Å². The number of aromatic nitrogens is 5. The largest absolute Gasteiger partial charge is 0.351 e. The molecule has 0 saturated carbocycles. The summed E-state index contributed by atoms with van der Waals surface area (Å²) >= 11 is 1.60. The highest BCUT2D eigenvalue weighted by Gasteiger charge is 2.23. The van der Waals surface area contributed by atoms with Crippen molar-refractivity contribution in [3.05, 3.63) is 36.4 Å². The minimum Gasteiger partial charge on any atom is -0.351 e. The zero-order valence-corrected chi connectivity index (χ0v) is 18.9. The molecule has 162 valence electrons. The van der Waals surface area contributed by atoms with Crippen molar-refractivity contribution in [1.82, 2.24) is 25.6 Å². The van der Waals surface area contributed by atoms with E-state index in [1.54, 1.807) is 23.5 Å². The predicted octanol–water partition coefficient (Wildman–Crippen LogP) is 2.72. The van der Waals surface area contributed by atoms with Crippen molar-refractivity contribution in [2.24, 2.45) is 5.73 Å². The Hall–Kier alpha value is -2.89. The third-order valence-corrected chi connectivity index (χ3v) is 7.25. The van der Waals surface area contributed by atoms with E-state index >= 15 is 0 Å². The molecule has 4 aromatic rings. The van der Waals surface area contributed by atoms with Gasteiger partial charge in [-0.2, -0.15) is 0 Å². The van der Waals surface area contributed by atoms with Crippen LogP contribution >= 0.6 is 11.3 Å². The summed E-state index contributed by atoms with van der Waals surface area (Å²) < 4.78 is 26.0. The molecule has 11 heteroatoms. The second-order valence-corrected chi connectivity index (χ2v) is 10.3. The van der Waals surface area contributed by atoms with Crippen LogP contribution in [-0.4, -0.2) is 60.4 Å². The highest BCUT2D eigenvalue weighted by Crippen LogP contribution is 2.40. The highest BCUT2D eigenvalue weighted by molar-refractivity contribution is 7.90. The summed E-state index contributed by atoms with van der Waals surface area (Å²) in [7, 11) is -1.50. The Balaban J connectivity index is 1.88. The van der Waals surface area contributed by atoms with E-state index in [0.717, 1.165) is 40.3 Å². The number of tetrazole rings is 1. The molecule has 0 fully saturated rings. The van der Waals surface area contributed by atoms with E-state index in [-0.39, 0.29) is 4.90 Å². The van der Waals surface area contributed by atoms with Crippen molar-refractivity contribution in [3.8, 4) is 22.5 Å². The second kappa shape index (κ2) is 8.69. The van der Waals surface area contributed by atoms with Crippen LogP contribution in [0.4, 0.5) is 5.13 Å². The molecule has 0 amide bonds. The summed E-state index contributed by atoms with van der Waals surface area (Å²) in [6.45, 7) is 1.54. The van der Waals surface area contributed by atoms with Crippen LogP contribution in [0.2, 0.25) is 0 Å². The van der Waals surface area contributed by atoms with Crippen molar-refractivity contribution in [2.75, 3.05) is 31.3 Å². The van der Waals surface area contributed by atoms with E-state index in [9.17, 15) is 8.42 Å². The summed E-state index contributed by atoms with van der Waals surface area (Å²) in [6.07, 6.45) is 3.14. The van der Waals surface area contributed by atoms with Gasteiger partial charge in [-0.05, 0) is 47.5 Å². The molecular formula is C20H23N7O2S2. The first-order valence-corrected chi connectivity index (χ1v) is 12.5. The molecule has 0 saturated heterocycles. The van der Waals surface area contributed by atoms with Gasteiger partial charge in [0.2, 0.25) is 0 Å². The summed E-state index contributed by atoms with van der Waals surface area (Å²) in [5.74, 6) is 0.294. The van der Waals surface area contributed by atoms with Gasteiger partial charge in [0, 0.05) is 31.0 Å². The Bertz CT molecular complexity index is 1300. The van der Waals surface area contributed by atoms with Crippen molar-refractivity contribution >= 4 is 36.5 Å². The van der Waals surface area contributed by atoms with Gasteiger partial charge in [-0.25, -0.2) is 18.5 Å². The topological polar surface area (TPSA) is 131 Å². The maximum Gasteiger partial charge on any atom is 0.186 e. The number of hydrogen-bond acceptors (Lipinski definition) is 9. The Labute approximate surface area is 184 Å². The van der Waals surface area contributed by atoms with Gasteiger partial charge in [0.15, 0.2) is 20.8 Å². The quantitative estimate of drug-likeness (QED) is 0.386. The van der Waals surface area contributed by atoms with Crippen molar-refractivity contribution < 1.29 is 8.42 Å². The lowest BCUT2D eigenvalue weighted by Gasteiger charge is -2.15. The van der Waals surface area contributed by atoms with Crippen LogP contribution in [0.3, 0.4) is 0 Å². The fourth-order valence-electron chi connectivity index (χ4n) is 3.48. The summed E-state index contributed by atoms with van der Waals surface area (Å²) in [6, 6.07) is 11.1. The second-order valence-electron chi connectivity index (χ2n) is 7.27. The maximum atomic E-state index is 12.5. The fraction of sp³-hybridized carbons (Fsp3) is 0.300. The SMILES string of the molecule is CN(CCCCN)c1nc2c(-c3cccc(S(C)(=O)=O)c3-c3nnn[nH]3)cccc2s1. The molecular weight excluding hydrogens is 434 g/mol. The number of unbranched alkanes of at least 4 members (excludes halogenated alkanes) is 1. The molecule has 2 aromatic carbocycles. The van der Waals surface area contributed by atoms with Gasteiger partial charge >= 0.3 is 0 Å². The molecule has 2 heterocycles. The lowest BCUT2D eigenvalue weighted by Crippen LogP contribution is -2.18. The van der Waals surface area contributed by atoms with Gasteiger partial charge in [-0.1, -0.05) is 35.6 Å². The number of thiazole rings is 1. The van der Waals surface area contributed by atoms with Gasteiger partial charge in [-0.3, -0.25) is 0 Å². The number of nitrogens with one attached hydrogen (secondary N) is 1. The van der Waals surface area contributed by atoms with Gasteiger partial charge in [0.25, 0.3) is 0 Å². The zero-order valence-electron chi connectivity index (χ0n) is 17.2. The number of fused-ring (bicyclic) bond motifs is 1. The first-order valence-electron chi connectivity index (χ1n) is 9.78.